The first-order valence-corrected chi connectivity index (χ1v) is 10.6. The minimum atomic E-state index is -0.428. The van der Waals surface area contributed by atoms with Crippen molar-refractivity contribution < 1.29 is 14.3 Å². The van der Waals surface area contributed by atoms with Crippen LogP contribution in [0.4, 0.5) is 5.69 Å². The SMILES string of the molecule is COc1cccc(NC(=O)Cn2cc(C(=O)c3ccc(C)cc3)c(=O)c3cc(Cl)ccc32)c1. The number of methoxy groups -OCH3 is 1. The molecule has 33 heavy (non-hydrogen) atoms. The first-order chi connectivity index (χ1) is 15.9. The van der Waals surface area contributed by atoms with Crippen LogP contribution in [0.25, 0.3) is 10.9 Å². The maximum atomic E-state index is 13.2. The van der Waals surface area contributed by atoms with Crippen molar-refractivity contribution in [1.29, 1.82) is 0 Å². The van der Waals surface area contributed by atoms with Gasteiger partial charge >= 0.3 is 0 Å². The highest BCUT2D eigenvalue weighted by molar-refractivity contribution is 6.31. The molecule has 4 rings (SSSR count). The Balaban J connectivity index is 1.74. The molecule has 0 spiro atoms. The van der Waals surface area contributed by atoms with Gasteiger partial charge in [-0.2, -0.15) is 0 Å². The molecule has 166 valence electrons. The highest BCUT2D eigenvalue weighted by Gasteiger charge is 2.18. The number of amides is 1. The number of nitrogens with one attached hydrogen (secondary N) is 1. The molecule has 4 aromatic rings. The van der Waals surface area contributed by atoms with Crippen molar-refractivity contribution in [3.05, 3.63) is 105 Å². The Labute approximate surface area is 195 Å². The number of aryl methyl sites for hydroxylation is 1. The van der Waals surface area contributed by atoms with E-state index < -0.39 is 11.2 Å². The van der Waals surface area contributed by atoms with Crippen molar-refractivity contribution >= 4 is 39.9 Å². The first kappa shape index (κ1) is 22.3. The molecule has 3 aromatic carbocycles. The van der Waals surface area contributed by atoms with Crippen LogP contribution in [-0.4, -0.2) is 23.4 Å². The minimum Gasteiger partial charge on any atom is -0.497 e. The number of hydrogen-bond donors (Lipinski definition) is 1. The number of benzene rings is 3. The summed E-state index contributed by atoms with van der Waals surface area (Å²) in [7, 11) is 1.55. The van der Waals surface area contributed by atoms with Crippen molar-refractivity contribution in [2.75, 3.05) is 12.4 Å². The third kappa shape index (κ3) is 4.81. The van der Waals surface area contributed by atoms with Crippen molar-refractivity contribution in [3.8, 4) is 5.75 Å². The number of rotatable bonds is 6. The fraction of sp³-hybridized carbons (Fsp3) is 0.115. The summed E-state index contributed by atoms with van der Waals surface area (Å²) in [6, 6.07) is 18.8. The number of hydrogen-bond acceptors (Lipinski definition) is 4. The standard InChI is InChI=1S/C26H21ClN2O4/c1-16-6-8-17(9-7-16)25(31)22-14-29(23-11-10-18(27)12-21(23)26(22)32)15-24(30)28-19-4-3-5-20(13-19)33-2/h3-14H,15H2,1-2H3,(H,28,30). The van der Waals surface area contributed by atoms with Crippen molar-refractivity contribution in [3.63, 3.8) is 0 Å². The molecule has 0 aliphatic carbocycles. The lowest BCUT2D eigenvalue weighted by Gasteiger charge is -2.14. The number of fused-ring (bicyclic) bond motifs is 1. The zero-order valence-electron chi connectivity index (χ0n) is 18.1. The molecule has 6 nitrogen and oxygen atoms in total. The zero-order chi connectivity index (χ0) is 23.5. The summed E-state index contributed by atoms with van der Waals surface area (Å²) < 4.78 is 6.77. The third-order valence-corrected chi connectivity index (χ3v) is 5.50. The summed E-state index contributed by atoms with van der Waals surface area (Å²) in [6.07, 6.45) is 1.44. The van der Waals surface area contributed by atoms with Crippen molar-refractivity contribution in [2.24, 2.45) is 0 Å². The molecule has 1 amide bonds. The third-order valence-electron chi connectivity index (χ3n) is 5.27. The lowest BCUT2D eigenvalue weighted by molar-refractivity contribution is -0.116. The summed E-state index contributed by atoms with van der Waals surface area (Å²) in [6.45, 7) is 1.81. The second kappa shape index (κ2) is 9.30. The van der Waals surface area contributed by atoms with Crippen LogP contribution in [0.1, 0.15) is 21.5 Å². The Morgan fingerprint density at radius 3 is 2.52 bits per heavy atom. The van der Waals surface area contributed by atoms with Crippen LogP contribution < -0.4 is 15.5 Å². The fourth-order valence-corrected chi connectivity index (χ4v) is 3.75. The van der Waals surface area contributed by atoms with E-state index in [1.54, 1.807) is 60.2 Å². The normalized spacial score (nSPS) is 10.8. The Hall–Kier alpha value is -3.90. The molecule has 0 saturated heterocycles. The number of ketones is 1. The van der Waals surface area contributed by atoms with Gasteiger partial charge in [0.25, 0.3) is 0 Å². The van der Waals surface area contributed by atoms with Gasteiger partial charge < -0.3 is 14.6 Å². The summed E-state index contributed by atoms with van der Waals surface area (Å²) in [5, 5.41) is 3.45. The van der Waals surface area contributed by atoms with E-state index >= 15 is 0 Å². The van der Waals surface area contributed by atoms with Gasteiger partial charge in [-0.05, 0) is 37.3 Å². The predicted octanol–water partition coefficient (Wildman–Crippen LogP) is 4.84. The molecule has 0 fully saturated rings. The largest absolute Gasteiger partial charge is 0.497 e. The number of pyridine rings is 1. The molecular formula is C26H21ClN2O4. The molecule has 0 aliphatic rings. The van der Waals surface area contributed by atoms with E-state index in [4.69, 9.17) is 16.3 Å². The fourth-order valence-electron chi connectivity index (χ4n) is 3.58. The minimum absolute atomic E-state index is 0.0252. The highest BCUT2D eigenvalue weighted by atomic mass is 35.5. The van der Waals surface area contributed by atoms with E-state index in [0.29, 0.717) is 27.5 Å². The number of halogens is 1. The first-order valence-electron chi connectivity index (χ1n) is 10.2. The van der Waals surface area contributed by atoms with Crippen LogP contribution in [0.5, 0.6) is 5.75 Å². The highest BCUT2D eigenvalue weighted by Crippen LogP contribution is 2.20. The number of carbonyl (C=O) groups is 2. The van der Waals surface area contributed by atoms with Gasteiger partial charge in [0.2, 0.25) is 11.3 Å². The zero-order valence-corrected chi connectivity index (χ0v) is 18.8. The average molecular weight is 461 g/mol. The number of aromatic nitrogens is 1. The summed E-state index contributed by atoms with van der Waals surface area (Å²) in [5.41, 5.74) is 2.02. The van der Waals surface area contributed by atoms with Gasteiger partial charge in [-0.1, -0.05) is 47.5 Å². The van der Waals surface area contributed by atoms with Gasteiger partial charge in [-0.25, -0.2) is 0 Å². The van der Waals surface area contributed by atoms with Crippen LogP contribution in [0.15, 0.2) is 77.7 Å². The Bertz CT molecular complexity index is 1420. The molecule has 0 saturated carbocycles. The number of carbonyl (C=O) groups excluding carboxylic acids is 2. The topological polar surface area (TPSA) is 77.4 Å². The molecule has 1 aromatic heterocycles. The quantitative estimate of drug-likeness (QED) is 0.417. The summed E-state index contributed by atoms with van der Waals surface area (Å²) in [4.78, 5) is 39.1. The predicted molar refractivity (Wildman–Crippen MR) is 129 cm³/mol. The van der Waals surface area contributed by atoms with Gasteiger partial charge in [0, 0.05) is 33.9 Å². The van der Waals surface area contributed by atoms with Crippen LogP contribution in [0, 0.1) is 6.92 Å². The van der Waals surface area contributed by atoms with E-state index in [-0.39, 0.29) is 23.4 Å². The van der Waals surface area contributed by atoms with E-state index in [2.05, 4.69) is 5.32 Å². The number of ether oxygens (including phenoxy) is 1. The summed E-state index contributed by atoms with van der Waals surface area (Å²) in [5.74, 6) is -0.122. The smallest absolute Gasteiger partial charge is 0.244 e. The number of anilines is 1. The molecule has 1 heterocycles. The van der Waals surface area contributed by atoms with Crippen LogP contribution in [-0.2, 0) is 11.3 Å². The molecule has 0 radical (unpaired) electrons. The Morgan fingerprint density at radius 2 is 1.79 bits per heavy atom. The maximum Gasteiger partial charge on any atom is 0.244 e. The number of nitrogens with zero attached hydrogens (tertiary/aromatic N) is 1. The van der Waals surface area contributed by atoms with Gasteiger partial charge in [0.15, 0.2) is 5.78 Å². The monoisotopic (exact) mass is 460 g/mol. The van der Waals surface area contributed by atoms with Gasteiger partial charge in [-0.3, -0.25) is 14.4 Å². The Morgan fingerprint density at radius 1 is 1.03 bits per heavy atom. The van der Waals surface area contributed by atoms with Crippen molar-refractivity contribution in [2.45, 2.75) is 13.5 Å². The lowest BCUT2D eigenvalue weighted by Crippen LogP contribution is -2.24. The van der Waals surface area contributed by atoms with E-state index in [0.717, 1.165) is 5.56 Å². The van der Waals surface area contributed by atoms with Crippen LogP contribution >= 0.6 is 11.6 Å². The molecule has 0 unspecified atom stereocenters. The maximum absolute atomic E-state index is 13.2. The molecule has 0 aliphatic heterocycles. The molecule has 0 atom stereocenters. The van der Waals surface area contributed by atoms with E-state index in [1.807, 2.05) is 19.1 Å². The van der Waals surface area contributed by atoms with Gasteiger partial charge in [-0.15, -0.1) is 0 Å². The molecule has 0 bridgehead atoms. The van der Waals surface area contributed by atoms with Crippen LogP contribution in [0.3, 0.4) is 0 Å². The lowest BCUT2D eigenvalue weighted by atomic mass is 10.0. The Kier molecular flexibility index (Phi) is 6.29. The molecular weight excluding hydrogens is 440 g/mol. The van der Waals surface area contributed by atoms with E-state index in [1.165, 1.54) is 12.3 Å². The summed E-state index contributed by atoms with van der Waals surface area (Å²) >= 11 is 6.13. The van der Waals surface area contributed by atoms with Gasteiger partial charge in [0.05, 0.1) is 18.2 Å². The van der Waals surface area contributed by atoms with E-state index in [9.17, 15) is 14.4 Å². The second-order valence-corrected chi connectivity index (χ2v) is 8.07. The second-order valence-electron chi connectivity index (χ2n) is 7.64. The molecule has 7 heteroatoms. The average Bonchev–Trinajstić information content (AvgIpc) is 2.81. The van der Waals surface area contributed by atoms with Crippen LogP contribution in [0.2, 0.25) is 5.02 Å². The molecule has 1 N–H and O–H groups in total. The van der Waals surface area contributed by atoms with Crippen molar-refractivity contribution in [1.82, 2.24) is 4.57 Å². The van der Waals surface area contributed by atoms with Gasteiger partial charge in [0.1, 0.15) is 12.3 Å².